The quantitative estimate of drug-likeness (QED) is 0.0268. The Bertz CT molecular complexity index is 5000. The molecule has 0 saturated carbocycles. The van der Waals surface area contributed by atoms with Gasteiger partial charge < -0.3 is 65.0 Å². The van der Waals surface area contributed by atoms with Crippen molar-refractivity contribution in [1.29, 1.82) is 0 Å². The Morgan fingerprint density at radius 1 is 0.308 bits per heavy atom. The number of hydrogen-bond acceptors (Lipinski definition) is 24. The molecule has 0 aliphatic heterocycles. The monoisotopic (exact) mass is 1410 g/mol. The number of benzene rings is 8. The summed E-state index contributed by atoms with van der Waals surface area (Å²) in [4.78, 5) is 59.1. The molecule has 0 fully saturated rings. The third-order valence-electron chi connectivity index (χ3n) is 11.8. The number of nitrogens with one attached hydrogen (secondary N) is 6. The Kier molecular flexibility index (Phi) is 30.0. The van der Waals surface area contributed by atoms with Crippen molar-refractivity contribution in [2.75, 3.05) is 37.6 Å². The van der Waals surface area contributed by atoms with Crippen LogP contribution in [0.5, 0.6) is 0 Å². The first-order valence-corrected chi connectivity index (χ1v) is 31.3. The fraction of sp³-hybridized carbons (Fsp3) is 0. The maximum Gasteiger partial charge on any atom is 1.00 e. The second-order valence-electron chi connectivity index (χ2n) is 17.6. The molecule has 42 heteroatoms. The predicted molar refractivity (Wildman–Crippen MR) is 290 cm³/mol. The smallest absolute Gasteiger partial charge is 0.744 e. The molecule has 0 aromatic heterocycles. The molecule has 8 aromatic carbocycles. The number of urea groups is 1. The zero-order chi connectivity index (χ0) is 62.5. The summed E-state index contributed by atoms with van der Waals surface area (Å²) in [6.45, 7) is 0. The molecule has 0 aliphatic carbocycles. The van der Waals surface area contributed by atoms with E-state index in [9.17, 15) is 102 Å². The first-order chi connectivity index (χ1) is 39.3. The van der Waals surface area contributed by atoms with E-state index in [2.05, 4.69) is 31.9 Å². The number of nitrogen functional groups attached to an aromatic ring is 1. The van der Waals surface area contributed by atoms with Crippen LogP contribution in [0.3, 0.4) is 0 Å². The molecule has 30 nitrogen and oxygen atoms in total. The number of carbonyl (C=O) groups is 5. The van der Waals surface area contributed by atoms with E-state index in [0.717, 1.165) is 24.3 Å². The van der Waals surface area contributed by atoms with Gasteiger partial charge >= 0.3 is 183 Å². The van der Waals surface area contributed by atoms with Crippen LogP contribution in [0.1, 0.15) is 41.4 Å². The Morgan fingerprint density at radius 2 is 0.615 bits per heavy atom. The molecule has 8 N–H and O–H groups in total. The molecule has 0 radical (unpaired) electrons. The van der Waals surface area contributed by atoms with E-state index in [1.54, 1.807) is 0 Å². The predicted octanol–water partition coefficient (Wildman–Crippen LogP) is -14.3. The molecule has 0 saturated heterocycles. The zero-order valence-corrected chi connectivity index (χ0v) is 64.6. The summed E-state index contributed by atoms with van der Waals surface area (Å²) in [5, 5.41) is 10.6. The minimum Gasteiger partial charge on any atom is -0.744 e. The molecule has 442 valence electrons. The molecule has 0 atom stereocenters. The molecular formula is C49H31N7Na6O23S6. The third-order valence-corrected chi connectivity index (χ3v) is 16.9. The summed E-state index contributed by atoms with van der Waals surface area (Å²) in [6, 6.07) is 21.5. The normalized spacial score (nSPS) is 11.5. The summed E-state index contributed by atoms with van der Waals surface area (Å²) in [5.41, 5.74) is 3.89. The molecule has 6 amide bonds. The molecule has 8 rings (SSSR count). The van der Waals surface area contributed by atoms with E-state index in [-0.39, 0.29) is 240 Å². The van der Waals surface area contributed by atoms with Crippen LogP contribution in [0.15, 0.2) is 169 Å². The molecule has 91 heavy (non-hydrogen) atoms. The maximum atomic E-state index is 13.5. The van der Waals surface area contributed by atoms with Crippen LogP contribution in [0.2, 0.25) is 0 Å². The minimum absolute atomic E-state index is 0. The molecule has 0 spiro atoms. The molecular weight excluding hydrogens is 1380 g/mol. The van der Waals surface area contributed by atoms with Gasteiger partial charge in [-0.2, -0.15) is 0 Å². The Balaban J connectivity index is 0.00000470. The number of anilines is 7. The van der Waals surface area contributed by atoms with Gasteiger partial charge in [0.2, 0.25) is 0 Å². The van der Waals surface area contributed by atoms with E-state index in [4.69, 9.17) is 5.73 Å². The topological polar surface area (TPSA) is 527 Å². The maximum absolute atomic E-state index is 13.5. The van der Waals surface area contributed by atoms with E-state index >= 15 is 0 Å². The van der Waals surface area contributed by atoms with Gasteiger partial charge in [0.15, 0.2) is 0 Å². The van der Waals surface area contributed by atoms with Gasteiger partial charge in [-0.25, -0.2) is 55.3 Å². The van der Waals surface area contributed by atoms with Gasteiger partial charge in [-0.15, -0.1) is 0 Å². The van der Waals surface area contributed by atoms with Crippen molar-refractivity contribution in [3.63, 3.8) is 0 Å². The standard InChI is InChI=1S/C49H37N7O23S6.6Na/c50-28-14-27(48(60)52-30-8-2-6-26(16-30)47(59)56-38-11-13-40(83(71,72)73)36-21-34(81(65,66)67)23-42(44(36)38)85(77,78)79)18-32(19-28)54-49(61)53-31-9-3-4-24(17-31)45(57)51-29-7-1-5-25(15-29)46(58)55-37-10-12-39(82(68,69)70)35-20-33(80(62,63)64)22-41(43(35)37)84(74,75)76;;;;;;/h1-23H,50H2,(H,51,57)(H,52,60)(H,55,58)(H,56,59)(H2,53,54,61)(H,62,63,64)(H,65,66,67)(H,68,69,70)(H,71,72,73)(H,74,75,76)(H,77,78,79);;;;;;/q;6*+1/p-6. The number of fused-ring (bicyclic) bond motifs is 2. The Morgan fingerprint density at radius 3 is 0.956 bits per heavy atom. The molecule has 8 aromatic rings. The fourth-order valence-corrected chi connectivity index (χ4v) is 12.3. The summed E-state index contributed by atoms with van der Waals surface area (Å²) < 4.78 is 217. The van der Waals surface area contributed by atoms with Gasteiger partial charge in [-0.3, -0.25) is 19.2 Å². The van der Waals surface area contributed by atoms with E-state index in [1.807, 2.05) is 0 Å². The van der Waals surface area contributed by atoms with E-state index in [1.165, 1.54) is 78.9 Å². The van der Waals surface area contributed by atoms with Gasteiger partial charge in [-0.05, 0) is 121 Å². The zero-order valence-electron chi connectivity index (χ0n) is 47.7. The van der Waals surface area contributed by atoms with Crippen molar-refractivity contribution in [1.82, 2.24) is 0 Å². The van der Waals surface area contributed by atoms with E-state index < -0.39 is 153 Å². The van der Waals surface area contributed by atoms with Crippen LogP contribution >= 0.6 is 0 Å². The average molecular weight is 1420 g/mol. The second kappa shape index (κ2) is 32.6. The van der Waals surface area contributed by atoms with Gasteiger partial charge in [0.25, 0.3) is 23.6 Å². The van der Waals surface area contributed by atoms with Gasteiger partial charge in [-0.1, -0.05) is 18.2 Å². The molecule has 0 aliphatic rings. The first kappa shape index (κ1) is 83.8. The van der Waals surface area contributed by atoms with Crippen molar-refractivity contribution in [3.05, 3.63) is 162 Å². The number of rotatable bonds is 16. The summed E-state index contributed by atoms with van der Waals surface area (Å²) in [7, 11) is -33.7. The van der Waals surface area contributed by atoms with Crippen LogP contribution in [0, 0.1) is 0 Å². The van der Waals surface area contributed by atoms with Gasteiger partial charge in [0, 0.05) is 72.2 Å². The molecule has 0 bridgehead atoms. The van der Waals surface area contributed by atoms with Crippen molar-refractivity contribution < 1.29 is 279 Å². The second-order valence-corrected chi connectivity index (χ2v) is 25.8. The SMILES string of the molecule is Nc1cc(NC(=O)Nc2cccc(C(=O)Nc3cccc(C(=O)Nc4ccc(S(=O)(=O)[O-])c5cc(S(=O)(=O)[O-])cc(S(=O)(=O)[O-])c45)c3)c2)cc(C(=O)Nc2cccc(C(=O)Nc3ccc(S(=O)(=O)[O-])c4cc(S(=O)(=O)[O-])cc(S(=O)(=O)[O-])c34)c2)c1.[Na+].[Na+].[Na+].[Na+].[Na+].[Na+]. The van der Waals surface area contributed by atoms with Crippen molar-refractivity contribution in [2.45, 2.75) is 29.4 Å². The van der Waals surface area contributed by atoms with Crippen LogP contribution < -0.4 is 215 Å². The largest absolute Gasteiger partial charge is 1.00 e. The Labute approximate surface area is 650 Å². The number of amides is 6. The summed E-state index contributed by atoms with van der Waals surface area (Å²) in [5.74, 6) is -3.85. The number of nitrogens with two attached hydrogens (primary N) is 1. The molecule has 0 heterocycles. The summed E-state index contributed by atoms with van der Waals surface area (Å²) in [6.07, 6.45) is 0. The average Bonchev–Trinajstić information content (AvgIpc) is 0.787. The first-order valence-electron chi connectivity index (χ1n) is 22.9. The Hall–Kier alpha value is -3.31. The van der Waals surface area contributed by atoms with Gasteiger partial charge in [0.1, 0.15) is 60.7 Å². The van der Waals surface area contributed by atoms with Crippen molar-refractivity contribution >= 4 is 152 Å². The number of hydrogen-bond donors (Lipinski definition) is 7. The van der Waals surface area contributed by atoms with Crippen molar-refractivity contribution in [3.8, 4) is 0 Å². The van der Waals surface area contributed by atoms with Crippen LogP contribution in [0.25, 0.3) is 21.5 Å². The van der Waals surface area contributed by atoms with Gasteiger partial charge in [0.05, 0.1) is 40.7 Å². The number of carbonyl (C=O) groups excluding carboxylic acids is 5. The molecule has 0 unspecified atom stereocenters. The van der Waals surface area contributed by atoms with Crippen LogP contribution in [-0.4, -0.2) is 107 Å². The third kappa shape index (κ3) is 20.8. The fourth-order valence-electron chi connectivity index (χ4n) is 8.27. The van der Waals surface area contributed by atoms with Crippen LogP contribution in [-0.2, 0) is 60.7 Å². The van der Waals surface area contributed by atoms with E-state index in [0.29, 0.717) is 24.3 Å². The van der Waals surface area contributed by atoms with Crippen LogP contribution in [0.4, 0.5) is 44.6 Å². The summed E-state index contributed by atoms with van der Waals surface area (Å²) >= 11 is 0. The van der Waals surface area contributed by atoms with Crippen molar-refractivity contribution in [2.24, 2.45) is 0 Å². The minimum atomic E-state index is -5.75.